The highest BCUT2D eigenvalue weighted by atomic mass is 16.6. The van der Waals surface area contributed by atoms with Gasteiger partial charge < -0.3 is 24.4 Å². The molecule has 1 aromatic rings. The van der Waals surface area contributed by atoms with Crippen molar-refractivity contribution in [2.75, 3.05) is 51.3 Å². The maximum Gasteiger partial charge on any atom is 0.410 e. The van der Waals surface area contributed by atoms with Crippen molar-refractivity contribution in [2.24, 2.45) is 0 Å². The average molecular weight is 391 g/mol. The van der Waals surface area contributed by atoms with E-state index in [1.807, 2.05) is 20.8 Å². The van der Waals surface area contributed by atoms with Crippen molar-refractivity contribution in [3.05, 3.63) is 18.2 Å². The highest BCUT2D eigenvalue weighted by molar-refractivity contribution is 5.92. The number of benzene rings is 1. The second-order valence-corrected chi connectivity index (χ2v) is 8.00. The van der Waals surface area contributed by atoms with Crippen LogP contribution in [-0.4, -0.2) is 73.3 Å². The summed E-state index contributed by atoms with van der Waals surface area (Å²) in [5.74, 6) is 1.24. The molecule has 1 aromatic carbocycles. The molecule has 0 aliphatic carbocycles. The fraction of sp³-hybridized carbons (Fsp3) is 0.600. The number of carbonyl (C=O) groups excluding carboxylic acids is 2. The minimum absolute atomic E-state index is 0.0950. The second-order valence-electron chi connectivity index (χ2n) is 8.00. The first-order valence-corrected chi connectivity index (χ1v) is 9.70. The molecule has 28 heavy (non-hydrogen) atoms. The van der Waals surface area contributed by atoms with Crippen molar-refractivity contribution in [1.29, 1.82) is 0 Å². The molecule has 2 aliphatic rings. The Labute approximate surface area is 165 Å². The van der Waals surface area contributed by atoms with E-state index in [2.05, 4.69) is 10.2 Å². The highest BCUT2D eigenvalue weighted by Crippen LogP contribution is 2.32. The van der Waals surface area contributed by atoms with Crippen LogP contribution < -0.4 is 14.8 Å². The van der Waals surface area contributed by atoms with Gasteiger partial charge in [0.15, 0.2) is 11.5 Å². The zero-order valence-corrected chi connectivity index (χ0v) is 16.8. The first-order chi connectivity index (χ1) is 13.3. The minimum atomic E-state index is -0.507. The summed E-state index contributed by atoms with van der Waals surface area (Å²) in [7, 11) is 0. The Morgan fingerprint density at radius 3 is 2.57 bits per heavy atom. The molecule has 0 bridgehead atoms. The van der Waals surface area contributed by atoms with Crippen LogP contribution in [0.1, 0.15) is 27.2 Å². The Morgan fingerprint density at radius 1 is 1.07 bits per heavy atom. The topological polar surface area (TPSA) is 80.3 Å². The van der Waals surface area contributed by atoms with Crippen LogP contribution in [0.4, 0.5) is 10.5 Å². The van der Waals surface area contributed by atoms with Crippen LogP contribution in [-0.2, 0) is 9.53 Å². The summed E-state index contributed by atoms with van der Waals surface area (Å²) in [6, 6.07) is 5.38. The van der Waals surface area contributed by atoms with Gasteiger partial charge in [0.05, 0.1) is 6.54 Å². The highest BCUT2D eigenvalue weighted by Gasteiger charge is 2.25. The van der Waals surface area contributed by atoms with E-state index in [0.717, 1.165) is 13.0 Å². The molecule has 2 amide bonds. The third-order valence-electron chi connectivity index (χ3n) is 4.43. The molecule has 154 valence electrons. The lowest BCUT2D eigenvalue weighted by atomic mass is 10.2. The molecule has 2 heterocycles. The summed E-state index contributed by atoms with van der Waals surface area (Å²) in [5.41, 5.74) is 0.173. The van der Waals surface area contributed by atoms with Gasteiger partial charge in [-0.25, -0.2) is 4.79 Å². The molecule has 0 radical (unpaired) electrons. The number of nitrogens with one attached hydrogen (secondary N) is 1. The molecular weight excluding hydrogens is 362 g/mol. The molecule has 1 saturated heterocycles. The SMILES string of the molecule is CC(C)(C)OC(=O)N1CCCN(CC(=O)Nc2ccc3c(c2)OCCO3)CC1. The number of hydrogen-bond acceptors (Lipinski definition) is 6. The molecule has 0 spiro atoms. The van der Waals surface area contributed by atoms with Gasteiger partial charge in [0.1, 0.15) is 18.8 Å². The number of anilines is 1. The van der Waals surface area contributed by atoms with Crippen LogP contribution in [0.5, 0.6) is 11.5 Å². The van der Waals surface area contributed by atoms with Gasteiger partial charge in [-0.2, -0.15) is 0 Å². The Balaban J connectivity index is 1.49. The zero-order valence-electron chi connectivity index (χ0n) is 16.8. The molecule has 1 N–H and O–H groups in total. The van der Waals surface area contributed by atoms with Crippen molar-refractivity contribution < 1.29 is 23.8 Å². The average Bonchev–Trinajstić information content (AvgIpc) is 2.86. The molecule has 3 rings (SSSR count). The van der Waals surface area contributed by atoms with Crippen LogP contribution in [0.15, 0.2) is 18.2 Å². The number of ether oxygens (including phenoxy) is 3. The van der Waals surface area contributed by atoms with E-state index in [0.29, 0.717) is 50.0 Å². The van der Waals surface area contributed by atoms with Crippen molar-refractivity contribution >= 4 is 17.7 Å². The lowest BCUT2D eigenvalue weighted by molar-refractivity contribution is -0.117. The van der Waals surface area contributed by atoms with Crippen LogP contribution in [0, 0.1) is 0 Å². The van der Waals surface area contributed by atoms with E-state index >= 15 is 0 Å². The summed E-state index contributed by atoms with van der Waals surface area (Å²) in [6.45, 7) is 9.46. The smallest absolute Gasteiger partial charge is 0.410 e. The first kappa shape index (κ1) is 20.3. The minimum Gasteiger partial charge on any atom is -0.486 e. The summed E-state index contributed by atoms with van der Waals surface area (Å²) in [4.78, 5) is 28.4. The molecule has 8 heteroatoms. The second kappa shape index (κ2) is 8.68. The van der Waals surface area contributed by atoms with Crippen molar-refractivity contribution in [1.82, 2.24) is 9.80 Å². The largest absolute Gasteiger partial charge is 0.486 e. The van der Waals surface area contributed by atoms with Gasteiger partial charge in [0, 0.05) is 37.9 Å². The lowest BCUT2D eigenvalue weighted by Crippen LogP contribution is -2.40. The Kier molecular flexibility index (Phi) is 6.28. The van der Waals surface area contributed by atoms with Crippen molar-refractivity contribution in [2.45, 2.75) is 32.8 Å². The molecule has 0 saturated carbocycles. The molecule has 1 fully saturated rings. The van der Waals surface area contributed by atoms with Gasteiger partial charge in [-0.1, -0.05) is 0 Å². The van der Waals surface area contributed by atoms with Gasteiger partial charge in [-0.15, -0.1) is 0 Å². The molecule has 0 unspecified atom stereocenters. The van der Waals surface area contributed by atoms with Gasteiger partial charge in [-0.3, -0.25) is 9.69 Å². The number of fused-ring (bicyclic) bond motifs is 1. The Bertz CT molecular complexity index is 716. The molecule has 8 nitrogen and oxygen atoms in total. The Morgan fingerprint density at radius 2 is 1.82 bits per heavy atom. The Hall–Kier alpha value is -2.48. The van der Waals surface area contributed by atoms with Gasteiger partial charge >= 0.3 is 6.09 Å². The fourth-order valence-electron chi connectivity index (χ4n) is 3.16. The van der Waals surface area contributed by atoms with Crippen molar-refractivity contribution in [3.8, 4) is 11.5 Å². The third-order valence-corrected chi connectivity index (χ3v) is 4.43. The zero-order chi connectivity index (χ0) is 20.1. The van der Waals surface area contributed by atoms with E-state index in [1.54, 1.807) is 23.1 Å². The van der Waals surface area contributed by atoms with E-state index in [-0.39, 0.29) is 18.5 Å². The standard InChI is InChI=1S/C20H29N3O5/c1-20(2,3)28-19(25)23-8-4-7-22(9-10-23)14-18(24)21-15-5-6-16-17(13-15)27-12-11-26-16/h5-6,13H,4,7-12,14H2,1-3H3,(H,21,24). The monoisotopic (exact) mass is 391 g/mol. The predicted octanol–water partition coefficient (Wildman–Crippen LogP) is 2.34. The summed E-state index contributed by atoms with van der Waals surface area (Å²) in [6.07, 6.45) is 0.506. The normalized spacial score (nSPS) is 17.6. The van der Waals surface area contributed by atoms with E-state index in [4.69, 9.17) is 14.2 Å². The van der Waals surface area contributed by atoms with Gasteiger partial charge in [-0.05, 0) is 39.3 Å². The molecular formula is C20H29N3O5. The summed E-state index contributed by atoms with van der Waals surface area (Å²) < 4.78 is 16.5. The van der Waals surface area contributed by atoms with E-state index in [1.165, 1.54) is 0 Å². The number of nitrogens with zero attached hydrogens (tertiary/aromatic N) is 2. The number of amides is 2. The van der Waals surface area contributed by atoms with Crippen LogP contribution in [0.25, 0.3) is 0 Å². The number of hydrogen-bond donors (Lipinski definition) is 1. The number of rotatable bonds is 3. The van der Waals surface area contributed by atoms with Crippen LogP contribution in [0.3, 0.4) is 0 Å². The maximum absolute atomic E-state index is 12.4. The maximum atomic E-state index is 12.4. The summed E-state index contributed by atoms with van der Waals surface area (Å²) in [5, 5.41) is 2.90. The lowest BCUT2D eigenvalue weighted by Gasteiger charge is -2.26. The molecule has 0 aromatic heterocycles. The van der Waals surface area contributed by atoms with Gasteiger partial charge in [0.25, 0.3) is 0 Å². The first-order valence-electron chi connectivity index (χ1n) is 9.70. The summed E-state index contributed by atoms with van der Waals surface area (Å²) >= 11 is 0. The van der Waals surface area contributed by atoms with E-state index in [9.17, 15) is 9.59 Å². The fourth-order valence-corrected chi connectivity index (χ4v) is 3.16. The quantitative estimate of drug-likeness (QED) is 0.852. The van der Waals surface area contributed by atoms with E-state index < -0.39 is 5.60 Å². The van der Waals surface area contributed by atoms with Crippen LogP contribution in [0.2, 0.25) is 0 Å². The predicted molar refractivity (Wildman–Crippen MR) is 105 cm³/mol. The molecule has 2 aliphatic heterocycles. The number of carbonyl (C=O) groups is 2. The van der Waals surface area contributed by atoms with Crippen LogP contribution >= 0.6 is 0 Å². The van der Waals surface area contributed by atoms with Crippen molar-refractivity contribution in [3.63, 3.8) is 0 Å². The molecule has 0 atom stereocenters. The van der Waals surface area contributed by atoms with Gasteiger partial charge in [0.2, 0.25) is 5.91 Å². The third kappa shape index (κ3) is 5.76.